The molecule has 1 saturated heterocycles. The number of hydrogen-bond donors (Lipinski definition) is 1. The molecule has 2 rings (SSSR count). The summed E-state index contributed by atoms with van der Waals surface area (Å²) >= 11 is 1.84. The molecule has 0 unspecified atom stereocenters. The van der Waals surface area contributed by atoms with Gasteiger partial charge in [0, 0.05) is 24.6 Å². The van der Waals surface area contributed by atoms with Crippen molar-refractivity contribution in [1.29, 1.82) is 0 Å². The standard InChI is InChI=1S/C11H17NOS/c1-9-3-5-14-11(9)7-12-4-2-10(6-12)8-13/h3,5,10,13H,2,4,6-8H2,1H3/t10-/m1/s1. The van der Waals surface area contributed by atoms with Crippen molar-refractivity contribution in [3.8, 4) is 0 Å². The van der Waals surface area contributed by atoms with E-state index in [9.17, 15) is 0 Å². The Morgan fingerprint density at radius 1 is 1.64 bits per heavy atom. The van der Waals surface area contributed by atoms with Crippen molar-refractivity contribution >= 4 is 11.3 Å². The summed E-state index contributed by atoms with van der Waals surface area (Å²) in [4.78, 5) is 3.92. The van der Waals surface area contributed by atoms with E-state index < -0.39 is 0 Å². The Labute approximate surface area is 89.2 Å². The summed E-state index contributed by atoms with van der Waals surface area (Å²) in [6.07, 6.45) is 1.15. The van der Waals surface area contributed by atoms with E-state index in [-0.39, 0.29) is 0 Å². The van der Waals surface area contributed by atoms with E-state index in [2.05, 4.69) is 23.3 Å². The highest BCUT2D eigenvalue weighted by Crippen LogP contribution is 2.22. The third-order valence-electron chi connectivity index (χ3n) is 2.96. The summed E-state index contributed by atoms with van der Waals surface area (Å²) in [5, 5.41) is 11.2. The molecule has 0 radical (unpaired) electrons. The van der Waals surface area contributed by atoms with Crippen molar-refractivity contribution in [3.63, 3.8) is 0 Å². The topological polar surface area (TPSA) is 23.5 Å². The van der Waals surface area contributed by atoms with Crippen LogP contribution in [0.2, 0.25) is 0 Å². The molecule has 1 aromatic heterocycles. The molecule has 2 nitrogen and oxygen atoms in total. The Hall–Kier alpha value is -0.380. The molecule has 2 heterocycles. The highest BCUT2D eigenvalue weighted by molar-refractivity contribution is 7.10. The Morgan fingerprint density at radius 3 is 3.07 bits per heavy atom. The van der Waals surface area contributed by atoms with E-state index in [1.54, 1.807) is 0 Å². The van der Waals surface area contributed by atoms with Crippen molar-refractivity contribution in [2.45, 2.75) is 19.9 Å². The first-order chi connectivity index (χ1) is 6.79. The fourth-order valence-corrected chi connectivity index (χ4v) is 2.92. The minimum Gasteiger partial charge on any atom is -0.396 e. The quantitative estimate of drug-likeness (QED) is 0.825. The molecule has 0 amide bonds. The zero-order chi connectivity index (χ0) is 9.97. The lowest BCUT2D eigenvalue weighted by Gasteiger charge is -2.14. The molecule has 14 heavy (non-hydrogen) atoms. The number of aliphatic hydroxyl groups is 1. The molecule has 1 N–H and O–H groups in total. The lowest BCUT2D eigenvalue weighted by atomic mass is 10.1. The zero-order valence-electron chi connectivity index (χ0n) is 8.57. The lowest BCUT2D eigenvalue weighted by molar-refractivity contribution is 0.220. The number of aryl methyl sites for hydroxylation is 1. The second-order valence-corrected chi connectivity index (χ2v) is 5.10. The molecule has 0 aromatic carbocycles. The molecule has 3 heteroatoms. The highest BCUT2D eigenvalue weighted by atomic mass is 32.1. The van der Waals surface area contributed by atoms with Gasteiger partial charge in [0.2, 0.25) is 0 Å². The van der Waals surface area contributed by atoms with E-state index in [1.165, 1.54) is 10.4 Å². The molecule has 1 atom stereocenters. The smallest absolute Gasteiger partial charge is 0.0471 e. The van der Waals surface area contributed by atoms with Crippen molar-refractivity contribution in [2.24, 2.45) is 5.92 Å². The van der Waals surface area contributed by atoms with Crippen LogP contribution < -0.4 is 0 Å². The predicted molar refractivity (Wildman–Crippen MR) is 59.5 cm³/mol. The summed E-state index contributed by atoms with van der Waals surface area (Å²) in [5.74, 6) is 0.510. The van der Waals surface area contributed by atoms with Gasteiger partial charge < -0.3 is 5.11 Å². The van der Waals surface area contributed by atoms with Crippen LogP contribution in [-0.4, -0.2) is 29.7 Å². The molecular formula is C11H17NOS. The third-order valence-corrected chi connectivity index (χ3v) is 3.97. The van der Waals surface area contributed by atoms with Crippen LogP contribution in [0.5, 0.6) is 0 Å². The predicted octanol–water partition coefficient (Wildman–Crippen LogP) is 1.87. The summed E-state index contributed by atoms with van der Waals surface area (Å²) in [5.41, 5.74) is 1.41. The maximum Gasteiger partial charge on any atom is 0.0471 e. The summed E-state index contributed by atoms with van der Waals surface area (Å²) < 4.78 is 0. The van der Waals surface area contributed by atoms with Gasteiger partial charge in [-0.15, -0.1) is 11.3 Å². The van der Waals surface area contributed by atoms with E-state index in [0.29, 0.717) is 12.5 Å². The molecule has 1 aliphatic heterocycles. The molecular weight excluding hydrogens is 194 g/mol. The number of likely N-dealkylation sites (tertiary alicyclic amines) is 1. The Morgan fingerprint density at radius 2 is 2.50 bits per heavy atom. The van der Waals surface area contributed by atoms with Gasteiger partial charge in [-0.2, -0.15) is 0 Å². The Bertz CT molecular complexity index is 297. The van der Waals surface area contributed by atoms with Crippen LogP contribution in [0.25, 0.3) is 0 Å². The van der Waals surface area contributed by atoms with Crippen LogP contribution in [0.3, 0.4) is 0 Å². The van der Waals surface area contributed by atoms with E-state index in [1.807, 2.05) is 11.3 Å². The summed E-state index contributed by atoms with van der Waals surface area (Å²) in [6.45, 7) is 5.79. The monoisotopic (exact) mass is 211 g/mol. The van der Waals surface area contributed by atoms with E-state index in [0.717, 1.165) is 26.1 Å². The number of thiophene rings is 1. The lowest BCUT2D eigenvalue weighted by Crippen LogP contribution is -2.20. The van der Waals surface area contributed by atoms with Crippen molar-refractivity contribution in [2.75, 3.05) is 19.7 Å². The van der Waals surface area contributed by atoms with Gasteiger partial charge in [-0.3, -0.25) is 4.90 Å². The van der Waals surface area contributed by atoms with Crippen LogP contribution in [0.15, 0.2) is 11.4 Å². The second kappa shape index (κ2) is 4.43. The van der Waals surface area contributed by atoms with Crippen LogP contribution in [0.1, 0.15) is 16.9 Å². The molecule has 1 aliphatic rings. The van der Waals surface area contributed by atoms with Gasteiger partial charge >= 0.3 is 0 Å². The van der Waals surface area contributed by atoms with Gasteiger partial charge in [0.05, 0.1) is 0 Å². The number of aliphatic hydroxyl groups excluding tert-OH is 1. The summed E-state index contributed by atoms with van der Waals surface area (Å²) in [6, 6.07) is 2.18. The van der Waals surface area contributed by atoms with Gasteiger partial charge in [-0.1, -0.05) is 0 Å². The summed E-state index contributed by atoms with van der Waals surface area (Å²) in [7, 11) is 0. The molecule has 1 aromatic rings. The van der Waals surface area contributed by atoms with E-state index in [4.69, 9.17) is 5.11 Å². The molecule has 0 saturated carbocycles. The average Bonchev–Trinajstić information content (AvgIpc) is 2.77. The average molecular weight is 211 g/mol. The van der Waals surface area contributed by atoms with Gasteiger partial charge in [0.25, 0.3) is 0 Å². The number of hydrogen-bond acceptors (Lipinski definition) is 3. The first-order valence-electron chi connectivity index (χ1n) is 5.16. The largest absolute Gasteiger partial charge is 0.396 e. The van der Waals surface area contributed by atoms with Gasteiger partial charge in [-0.25, -0.2) is 0 Å². The first kappa shape index (κ1) is 10.1. The Kier molecular flexibility index (Phi) is 3.21. The fraction of sp³-hybridized carbons (Fsp3) is 0.636. The van der Waals surface area contributed by atoms with Crippen LogP contribution in [-0.2, 0) is 6.54 Å². The SMILES string of the molecule is Cc1ccsc1CN1CC[C@@H](CO)C1. The second-order valence-electron chi connectivity index (χ2n) is 4.10. The highest BCUT2D eigenvalue weighted by Gasteiger charge is 2.22. The fourth-order valence-electron chi connectivity index (χ4n) is 1.97. The minimum absolute atomic E-state index is 0.347. The maximum atomic E-state index is 9.04. The molecule has 78 valence electrons. The third kappa shape index (κ3) is 2.16. The normalized spacial score (nSPS) is 23.1. The molecule has 0 aliphatic carbocycles. The molecule has 0 spiro atoms. The van der Waals surface area contributed by atoms with Gasteiger partial charge in [-0.05, 0) is 42.8 Å². The number of rotatable bonds is 3. The van der Waals surface area contributed by atoms with Crippen molar-refractivity contribution < 1.29 is 5.11 Å². The van der Waals surface area contributed by atoms with Crippen LogP contribution in [0.4, 0.5) is 0 Å². The van der Waals surface area contributed by atoms with Crippen LogP contribution >= 0.6 is 11.3 Å². The Balaban J connectivity index is 1.90. The zero-order valence-corrected chi connectivity index (χ0v) is 9.39. The van der Waals surface area contributed by atoms with Crippen molar-refractivity contribution in [1.82, 2.24) is 4.90 Å². The van der Waals surface area contributed by atoms with Crippen molar-refractivity contribution in [3.05, 3.63) is 21.9 Å². The minimum atomic E-state index is 0.347. The first-order valence-corrected chi connectivity index (χ1v) is 6.03. The molecule has 1 fully saturated rings. The molecule has 0 bridgehead atoms. The van der Waals surface area contributed by atoms with Gasteiger partial charge in [0.1, 0.15) is 0 Å². The van der Waals surface area contributed by atoms with Gasteiger partial charge in [0.15, 0.2) is 0 Å². The maximum absolute atomic E-state index is 9.04. The van der Waals surface area contributed by atoms with E-state index >= 15 is 0 Å². The van der Waals surface area contributed by atoms with Crippen LogP contribution in [0, 0.1) is 12.8 Å². The number of nitrogens with zero attached hydrogens (tertiary/aromatic N) is 1.